The van der Waals surface area contributed by atoms with Gasteiger partial charge in [-0.15, -0.1) is 0 Å². The Bertz CT molecular complexity index is 498. The van der Waals surface area contributed by atoms with Gasteiger partial charge >= 0.3 is 5.97 Å². The Morgan fingerprint density at radius 1 is 1.33 bits per heavy atom. The van der Waals surface area contributed by atoms with E-state index in [1.165, 1.54) is 31.2 Å². The van der Waals surface area contributed by atoms with E-state index in [1.54, 1.807) is 0 Å². The Kier molecular flexibility index (Phi) is 6.34. The largest absolute Gasteiger partial charge is 0.477 e. The summed E-state index contributed by atoms with van der Waals surface area (Å²) in [5.74, 6) is -1.40. The summed E-state index contributed by atoms with van der Waals surface area (Å²) in [7, 11) is 0. The van der Waals surface area contributed by atoms with Crippen molar-refractivity contribution in [2.45, 2.75) is 46.5 Å². The van der Waals surface area contributed by atoms with Crippen LogP contribution in [-0.2, 0) is 0 Å². The molecule has 1 heterocycles. The van der Waals surface area contributed by atoms with Gasteiger partial charge in [-0.1, -0.05) is 40.0 Å². The van der Waals surface area contributed by atoms with E-state index >= 15 is 0 Å². The zero-order chi connectivity index (χ0) is 15.9. The zero-order valence-corrected chi connectivity index (χ0v) is 13.0. The van der Waals surface area contributed by atoms with E-state index < -0.39 is 5.97 Å². The number of nitrogens with one attached hydrogen (secondary N) is 1. The van der Waals surface area contributed by atoms with Gasteiger partial charge in [0, 0.05) is 18.3 Å². The van der Waals surface area contributed by atoms with Gasteiger partial charge in [0.2, 0.25) is 0 Å². The molecule has 2 N–H and O–H groups in total. The fourth-order valence-electron chi connectivity index (χ4n) is 2.05. The SMILES string of the molecule is CCCCCC(C)(C)CNC(=O)c1ccnc(C(=O)O)c1. The lowest BCUT2D eigenvalue weighted by Gasteiger charge is -2.25. The molecule has 21 heavy (non-hydrogen) atoms. The summed E-state index contributed by atoms with van der Waals surface area (Å²) in [6.07, 6.45) is 5.92. The Morgan fingerprint density at radius 3 is 2.67 bits per heavy atom. The minimum atomic E-state index is -1.13. The van der Waals surface area contributed by atoms with Crippen LogP contribution in [0.1, 0.15) is 67.3 Å². The fourth-order valence-corrected chi connectivity index (χ4v) is 2.05. The normalized spacial score (nSPS) is 11.2. The minimum absolute atomic E-state index is 0.0352. The molecule has 0 saturated heterocycles. The van der Waals surface area contributed by atoms with E-state index in [4.69, 9.17) is 5.11 Å². The molecule has 0 aliphatic rings. The van der Waals surface area contributed by atoms with Crippen LogP contribution in [0.15, 0.2) is 18.3 Å². The van der Waals surface area contributed by atoms with Crippen molar-refractivity contribution in [2.75, 3.05) is 6.54 Å². The lowest BCUT2D eigenvalue weighted by atomic mass is 9.87. The van der Waals surface area contributed by atoms with Gasteiger partial charge in [0.05, 0.1) is 0 Å². The number of pyridine rings is 1. The number of aromatic nitrogens is 1. The minimum Gasteiger partial charge on any atom is -0.477 e. The quantitative estimate of drug-likeness (QED) is 0.721. The summed E-state index contributed by atoms with van der Waals surface area (Å²) in [5, 5.41) is 11.7. The highest BCUT2D eigenvalue weighted by molar-refractivity contribution is 5.96. The molecule has 1 aromatic rings. The highest BCUT2D eigenvalue weighted by Crippen LogP contribution is 2.22. The second-order valence-electron chi connectivity index (χ2n) is 6.04. The van der Waals surface area contributed by atoms with Crippen LogP contribution >= 0.6 is 0 Å². The Labute approximate surface area is 125 Å². The summed E-state index contributed by atoms with van der Waals surface area (Å²) in [6.45, 7) is 6.98. The first-order valence-electron chi connectivity index (χ1n) is 7.33. The number of amides is 1. The molecular weight excluding hydrogens is 268 g/mol. The molecule has 116 valence electrons. The number of carboxylic acid groups (broad SMARTS) is 1. The van der Waals surface area contributed by atoms with Gasteiger partial charge in [0.25, 0.3) is 5.91 Å². The number of carbonyl (C=O) groups is 2. The Balaban J connectivity index is 2.57. The van der Waals surface area contributed by atoms with Crippen molar-refractivity contribution in [2.24, 2.45) is 5.41 Å². The molecule has 1 rings (SSSR count). The van der Waals surface area contributed by atoms with Crippen molar-refractivity contribution >= 4 is 11.9 Å². The average molecular weight is 292 g/mol. The molecule has 0 unspecified atom stereocenters. The van der Waals surface area contributed by atoms with E-state index in [2.05, 4.69) is 31.1 Å². The van der Waals surface area contributed by atoms with Gasteiger partial charge in [0.1, 0.15) is 5.69 Å². The number of carbonyl (C=O) groups excluding carboxylic acids is 1. The van der Waals surface area contributed by atoms with Gasteiger partial charge in [-0.05, 0) is 24.0 Å². The van der Waals surface area contributed by atoms with Crippen molar-refractivity contribution in [3.63, 3.8) is 0 Å². The van der Waals surface area contributed by atoms with Crippen LogP contribution in [0.25, 0.3) is 0 Å². The van der Waals surface area contributed by atoms with E-state index in [0.717, 1.165) is 12.8 Å². The number of nitrogens with zero attached hydrogens (tertiary/aromatic N) is 1. The third-order valence-electron chi connectivity index (χ3n) is 3.43. The number of hydrogen-bond donors (Lipinski definition) is 2. The van der Waals surface area contributed by atoms with Crippen molar-refractivity contribution in [3.05, 3.63) is 29.6 Å². The summed E-state index contributed by atoms with van der Waals surface area (Å²) in [6, 6.07) is 2.81. The van der Waals surface area contributed by atoms with Gasteiger partial charge in [-0.2, -0.15) is 0 Å². The van der Waals surface area contributed by atoms with E-state index in [1.807, 2.05) is 0 Å². The molecule has 0 aromatic carbocycles. The van der Waals surface area contributed by atoms with Gasteiger partial charge < -0.3 is 10.4 Å². The smallest absolute Gasteiger partial charge is 0.354 e. The van der Waals surface area contributed by atoms with Crippen molar-refractivity contribution < 1.29 is 14.7 Å². The number of unbranched alkanes of at least 4 members (excludes halogenated alkanes) is 2. The maximum Gasteiger partial charge on any atom is 0.354 e. The van der Waals surface area contributed by atoms with Crippen LogP contribution in [0.3, 0.4) is 0 Å². The molecule has 0 spiro atoms. The first kappa shape index (κ1) is 17.1. The maximum absolute atomic E-state index is 12.1. The second kappa shape index (κ2) is 7.76. The Hall–Kier alpha value is -1.91. The highest BCUT2D eigenvalue weighted by atomic mass is 16.4. The summed E-state index contributed by atoms with van der Waals surface area (Å²) < 4.78 is 0. The lowest BCUT2D eigenvalue weighted by Crippen LogP contribution is -2.34. The first-order valence-corrected chi connectivity index (χ1v) is 7.33. The Morgan fingerprint density at radius 2 is 2.05 bits per heavy atom. The molecule has 1 aromatic heterocycles. The summed E-state index contributed by atoms with van der Waals surface area (Å²) in [5.41, 5.74) is 0.240. The molecule has 0 atom stereocenters. The predicted octanol–water partition coefficient (Wildman–Crippen LogP) is 3.12. The van der Waals surface area contributed by atoms with Crippen LogP contribution in [0.2, 0.25) is 0 Å². The lowest BCUT2D eigenvalue weighted by molar-refractivity contribution is 0.0690. The number of rotatable bonds is 8. The highest BCUT2D eigenvalue weighted by Gasteiger charge is 2.19. The molecule has 0 radical (unpaired) electrons. The predicted molar refractivity (Wildman–Crippen MR) is 81.5 cm³/mol. The topological polar surface area (TPSA) is 79.3 Å². The molecule has 0 saturated carbocycles. The summed E-state index contributed by atoms with van der Waals surface area (Å²) in [4.78, 5) is 26.6. The van der Waals surface area contributed by atoms with Crippen LogP contribution in [0.5, 0.6) is 0 Å². The molecular formula is C16H24N2O3. The van der Waals surface area contributed by atoms with E-state index in [-0.39, 0.29) is 17.0 Å². The van der Waals surface area contributed by atoms with Crippen LogP contribution in [-0.4, -0.2) is 28.5 Å². The summed E-state index contributed by atoms with van der Waals surface area (Å²) >= 11 is 0. The molecule has 0 fully saturated rings. The van der Waals surface area contributed by atoms with Crippen molar-refractivity contribution in [1.29, 1.82) is 0 Å². The first-order chi connectivity index (χ1) is 9.85. The van der Waals surface area contributed by atoms with Crippen LogP contribution < -0.4 is 5.32 Å². The van der Waals surface area contributed by atoms with Crippen LogP contribution in [0.4, 0.5) is 0 Å². The zero-order valence-electron chi connectivity index (χ0n) is 13.0. The number of aromatic carboxylic acids is 1. The number of hydrogen-bond acceptors (Lipinski definition) is 3. The third-order valence-corrected chi connectivity index (χ3v) is 3.43. The fraction of sp³-hybridized carbons (Fsp3) is 0.562. The maximum atomic E-state index is 12.1. The molecule has 0 aliphatic carbocycles. The number of carboxylic acids is 1. The standard InChI is InChI=1S/C16H24N2O3/c1-4-5-6-8-16(2,3)11-18-14(19)12-7-9-17-13(10-12)15(20)21/h7,9-10H,4-6,8,11H2,1-3H3,(H,18,19)(H,20,21). The average Bonchev–Trinajstić information content (AvgIpc) is 2.45. The monoisotopic (exact) mass is 292 g/mol. The second-order valence-corrected chi connectivity index (χ2v) is 6.04. The van der Waals surface area contributed by atoms with Crippen LogP contribution in [0, 0.1) is 5.41 Å². The van der Waals surface area contributed by atoms with E-state index in [9.17, 15) is 9.59 Å². The molecule has 0 aliphatic heterocycles. The molecule has 1 amide bonds. The van der Waals surface area contributed by atoms with Gasteiger partial charge in [0.15, 0.2) is 0 Å². The van der Waals surface area contributed by atoms with Gasteiger partial charge in [-0.3, -0.25) is 4.79 Å². The van der Waals surface area contributed by atoms with Gasteiger partial charge in [-0.25, -0.2) is 9.78 Å². The molecule has 0 bridgehead atoms. The van der Waals surface area contributed by atoms with Crippen molar-refractivity contribution in [1.82, 2.24) is 10.3 Å². The van der Waals surface area contributed by atoms with E-state index in [0.29, 0.717) is 12.1 Å². The molecule has 5 nitrogen and oxygen atoms in total. The third kappa shape index (κ3) is 5.94. The van der Waals surface area contributed by atoms with Crippen molar-refractivity contribution in [3.8, 4) is 0 Å². The molecule has 5 heteroatoms.